The maximum Gasteiger partial charge on any atom is 0.122 e. The first kappa shape index (κ1) is 15.1. The molecule has 118 valence electrons. The lowest BCUT2D eigenvalue weighted by molar-refractivity contribution is 0.207. The Hall–Kier alpha value is -0.800. The summed E-state index contributed by atoms with van der Waals surface area (Å²) >= 11 is 0. The predicted octanol–water partition coefficient (Wildman–Crippen LogP) is 3.98. The first-order valence-corrected chi connectivity index (χ1v) is 8.91. The monoisotopic (exact) mass is 290 g/mol. The summed E-state index contributed by atoms with van der Waals surface area (Å²) in [6, 6.07) is 4.57. The average Bonchev–Trinajstić information content (AvgIpc) is 3.22. The molecule has 1 aromatic heterocycles. The van der Waals surface area contributed by atoms with Crippen LogP contribution in [0.5, 0.6) is 0 Å². The highest BCUT2D eigenvalue weighted by molar-refractivity contribution is 5.06. The molecule has 3 nitrogen and oxygen atoms in total. The van der Waals surface area contributed by atoms with E-state index in [4.69, 9.17) is 4.42 Å². The van der Waals surface area contributed by atoms with Gasteiger partial charge in [0.15, 0.2) is 0 Å². The van der Waals surface area contributed by atoms with Crippen molar-refractivity contribution in [2.75, 3.05) is 26.2 Å². The third kappa shape index (κ3) is 4.33. The van der Waals surface area contributed by atoms with Crippen LogP contribution in [0.1, 0.15) is 63.2 Å². The minimum absolute atomic E-state index is 0.425. The standard InChI is InChI=1S/C18H30N2O/c1-2-7-16(8-3-1)10-11-19-15-17(18-9-6-14-21-18)20-12-4-5-13-20/h6,9,14,16-17,19H,1-5,7-8,10-13,15H2. The summed E-state index contributed by atoms with van der Waals surface area (Å²) in [5, 5.41) is 3.70. The molecule has 1 saturated carbocycles. The van der Waals surface area contributed by atoms with E-state index in [-0.39, 0.29) is 0 Å². The lowest BCUT2D eigenvalue weighted by Gasteiger charge is -2.27. The van der Waals surface area contributed by atoms with E-state index in [0.29, 0.717) is 6.04 Å². The molecular weight excluding hydrogens is 260 g/mol. The van der Waals surface area contributed by atoms with Gasteiger partial charge < -0.3 is 9.73 Å². The molecule has 21 heavy (non-hydrogen) atoms. The Balaban J connectivity index is 1.43. The van der Waals surface area contributed by atoms with Crippen molar-refractivity contribution in [2.24, 2.45) is 5.92 Å². The van der Waals surface area contributed by atoms with Gasteiger partial charge in [-0.2, -0.15) is 0 Å². The van der Waals surface area contributed by atoms with E-state index in [2.05, 4.69) is 16.3 Å². The van der Waals surface area contributed by atoms with Crippen molar-refractivity contribution >= 4 is 0 Å². The SMILES string of the molecule is c1coc(C(CNCCC2CCCCC2)N2CCCC2)c1. The summed E-state index contributed by atoms with van der Waals surface area (Å²) in [4.78, 5) is 2.58. The summed E-state index contributed by atoms with van der Waals surface area (Å²) in [7, 11) is 0. The molecule has 1 atom stereocenters. The smallest absolute Gasteiger partial charge is 0.122 e. The fraction of sp³-hybridized carbons (Fsp3) is 0.778. The number of hydrogen-bond acceptors (Lipinski definition) is 3. The molecule has 0 aromatic carbocycles. The first-order chi connectivity index (χ1) is 10.4. The highest BCUT2D eigenvalue weighted by Crippen LogP contribution is 2.27. The Labute approximate surface area is 129 Å². The van der Waals surface area contributed by atoms with Crippen molar-refractivity contribution in [1.82, 2.24) is 10.2 Å². The van der Waals surface area contributed by atoms with Crippen LogP contribution in [0.3, 0.4) is 0 Å². The second-order valence-electron chi connectivity index (χ2n) is 6.77. The molecule has 0 bridgehead atoms. The third-order valence-corrected chi connectivity index (χ3v) is 5.24. The fourth-order valence-corrected chi connectivity index (χ4v) is 3.96. The Morgan fingerprint density at radius 3 is 2.67 bits per heavy atom. The van der Waals surface area contributed by atoms with Crippen LogP contribution in [0.4, 0.5) is 0 Å². The molecule has 1 aliphatic carbocycles. The summed E-state index contributed by atoms with van der Waals surface area (Å²) in [5.74, 6) is 2.10. The van der Waals surface area contributed by atoms with Crippen LogP contribution in [-0.2, 0) is 0 Å². The number of furan rings is 1. The zero-order valence-corrected chi connectivity index (χ0v) is 13.2. The molecule has 3 rings (SSSR count). The molecule has 2 fully saturated rings. The van der Waals surface area contributed by atoms with Crippen molar-refractivity contribution in [3.63, 3.8) is 0 Å². The molecule has 1 aliphatic heterocycles. The first-order valence-electron chi connectivity index (χ1n) is 8.91. The molecule has 0 spiro atoms. The van der Waals surface area contributed by atoms with E-state index in [0.717, 1.165) is 24.8 Å². The highest BCUT2D eigenvalue weighted by Gasteiger charge is 2.25. The van der Waals surface area contributed by atoms with Gasteiger partial charge in [-0.15, -0.1) is 0 Å². The van der Waals surface area contributed by atoms with Crippen molar-refractivity contribution in [1.29, 1.82) is 0 Å². The van der Waals surface area contributed by atoms with Gasteiger partial charge in [0.05, 0.1) is 12.3 Å². The molecule has 1 aromatic rings. The van der Waals surface area contributed by atoms with Gasteiger partial charge in [-0.1, -0.05) is 32.1 Å². The van der Waals surface area contributed by atoms with Gasteiger partial charge in [-0.05, 0) is 56.9 Å². The van der Waals surface area contributed by atoms with Crippen molar-refractivity contribution in [2.45, 2.75) is 57.4 Å². The maximum absolute atomic E-state index is 5.67. The van der Waals surface area contributed by atoms with E-state index in [9.17, 15) is 0 Å². The van der Waals surface area contributed by atoms with E-state index in [1.54, 1.807) is 6.26 Å². The van der Waals surface area contributed by atoms with E-state index in [1.165, 1.54) is 64.5 Å². The van der Waals surface area contributed by atoms with Crippen LogP contribution >= 0.6 is 0 Å². The van der Waals surface area contributed by atoms with Gasteiger partial charge in [0.2, 0.25) is 0 Å². The summed E-state index contributed by atoms with van der Waals surface area (Å²) in [6.07, 6.45) is 13.1. The number of hydrogen-bond donors (Lipinski definition) is 1. The summed E-state index contributed by atoms with van der Waals surface area (Å²) < 4.78 is 5.67. The Bertz CT molecular complexity index is 378. The van der Waals surface area contributed by atoms with E-state index >= 15 is 0 Å². The molecule has 1 unspecified atom stereocenters. The lowest BCUT2D eigenvalue weighted by atomic mass is 9.87. The minimum Gasteiger partial charge on any atom is -0.468 e. The molecule has 1 saturated heterocycles. The van der Waals surface area contributed by atoms with Crippen LogP contribution < -0.4 is 5.32 Å². The van der Waals surface area contributed by atoms with Crippen LogP contribution in [-0.4, -0.2) is 31.1 Å². The maximum atomic E-state index is 5.67. The van der Waals surface area contributed by atoms with Crippen LogP contribution in [0, 0.1) is 5.92 Å². The van der Waals surface area contributed by atoms with Crippen LogP contribution in [0.2, 0.25) is 0 Å². The largest absolute Gasteiger partial charge is 0.468 e. The molecule has 0 radical (unpaired) electrons. The number of nitrogens with one attached hydrogen (secondary N) is 1. The fourth-order valence-electron chi connectivity index (χ4n) is 3.96. The molecule has 0 amide bonds. The zero-order valence-electron chi connectivity index (χ0n) is 13.2. The summed E-state index contributed by atoms with van der Waals surface area (Å²) in [5.41, 5.74) is 0. The quantitative estimate of drug-likeness (QED) is 0.770. The normalized spacial score (nSPS) is 22.7. The van der Waals surface area contributed by atoms with Crippen molar-refractivity contribution in [3.8, 4) is 0 Å². The second-order valence-corrected chi connectivity index (χ2v) is 6.77. The number of likely N-dealkylation sites (tertiary alicyclic amines) is 1. The van der Waals surface area contributed by atoms with Crippen LogP contribution in [0.25, 0.3) is 0 Å². The van der Waals surface area contributed by atoms with Crippen LogP contribution in [0.15, 0.2) is 22.8 Å². The highest BCUT2D eigenvalue weighted by atomic mass is 16.3. The van der Waals surface area contributed by atoms with Gasteiger partial charge in [-0.3, -0.25) is 4.90 Å². The third-order valence-electron chi connectivity index (χ3n) is 5.24. The second kappa shape index (κ2) is 8.00. The van der Waals surface area contributed by atoms with Gasteiger partial charge >= 0.3 is 0 Å². The lowest BCUT2D eigenvalue weighted by Crippen LogP contribution is -2.34. The van der Waals surface area contributed by atoms with E-state index < -0.39 is 0 Å². The Morgan fingerprint density at radius 1 is 1.14 bits per heavy atom. The number of rotatable bonds is 7. The Morgan fingerprint density at radius 2 is 1.95 bits per heavy atom. The zero-order chi connectivity index (χ0) is 14.3. The van der Waals surface area contributed by atoms with Crippen molar-refractivity contribution in [3.05, 3.63) is 24.2 Å². The molecular formula is C18H30N2O. The predicted molar refractivity (Wildman–Crippen MR) is 86.3 cm³/mol. The average molecular weight is 290 g/mol. The minimum atomic E-state index is 0.425. The molecule has 2 heterocycles. The number of nitrogens with zero attached hydrogens (tertiary/aromatic N) is 1. The van der Waals surface area contributed by atoms with Gasteiger partial charge in [0.1, 0.15) is 5.76 Å². The Kier molecular flexibility index (Phi) is 5.75. The summed E-state index contributed by atoms with van der Waals surface area (Å²) in [6.45, 7) is 4.63. The molecule has 1 N–H and O–H groups in total. The van der Waals surface area contributed by atoms with Crippen molar-refractivity contribution < 1.29 is 4.42 Å². The van der Waals surface area contributed by atoms with Gasteiger partial charge in [-0.25, -0.2) is 0 Å². The van der Waals surface area contributed by atoms with Gasteiger partial charge in [0, 0.05) is 6.54 Å². The topological polar surface area (TPSA) is 28.4 Å². The molecule has 3 heteroatoms. The van der Waals surface area contributed by atoms with Gasteiger partial charge in [0.25, 0.3) is 0 Å². The van der Waals surface area contributed by atoms with E-state index in [1.807, 2.05) is 6.07 Å². The molecule has 2 aliphatic rings.